The number of allylic oxidation sites excluding steroid dienone is 2. The van der Waals surface area contributed by atoms with E-state index in [4.69, 9.17) is 12.2 Å². The third-order valence-corrected chi connectivity index (χ3v) is 2.10. The number of nitrogens with one attached hydrogen (secondary N) is 1. The lowest BCUT2D eigenvalue weighted by Crippen LogP contribution is -2.53. The first-order valence-electron chi connectivity index (χ1n) is 4.22. The van der Waals surface area contributed by atoms with Crippen LogP contribution in [0.5, 0.6) is 0 Å². The summed E-state index contributed by atoms with van der Waals surface area (Å²) in [7, 11) is 0. The summed E-state index contributed by atoms with van der Waals surface area (Å²) in [6.45, 7) is 7.21. The number of rotatable bonds is 3. The lowest BCUT2D eigenvalue weighted by Gasteiger charge is -2.27. The predicted molar refractivity (Wildman–Crippen MR) is 60.9 cm³/mol. The lowest BCUT2D eigenvalue weighted by atomic mass is 10.1. The molecule has 1 aliphatic rings. The molecule has 1 N–H and O–H groups in total. The van der Waals surface area contributed by atoms with Gasteiger partial charge in [0.2, 0.25) is 0 Å². The molecule has 0 saturated carbocycles. The fourth-order valence-corrected chi connectivity index (χ4v) is 1.38. The molecule has 0 bridgehead atoms. The minimum Gasteiger partial charge on any atom is -0.298 e. The highest BCUT2D eigenvalue weighted by Gasteiger charge is 2.31. The van der Waals surface area contributed by atoms with Crippen LogP contribution in [-0.2, 0) is 9.59 Å². The van der Waals surface area contributed by atoms with Crippen LogP contribution in [0, 0.1) is 0 Å². The fourth-order valence-electron chi connectivity index (χ4n) is 1.13. The number of thiocarbonyl (C=S) groups is 1. The fraction of sp³-hybridized carbons (Fsp3) is 0.100. The van der Waals surface area contributed by atoms with E-state index in [0.717, 1.165) is 0 Å². The van der Waals surface area contributed by atoms with Gasteiger partial charge < -0.3 is 0 Å². The van der Waals surface area contributed by atoms with Crippen molar-refractivity contribution in [3.05, 3.63) is 37.0 Å². The monoisotopic (exact) mass is 222 g/mol. The van der Waals surface area contributed by atoms with E-state index in [1.54, 1.807) is 0 Å². The van der Waals surface area contributed by atoms with Gasteiger partial charge in [-0.1, -0.05) is 18.7 Å². The minimum absolute atomic E-state index is 0.0282. The van der Waals surface area contributed by atoms with Gasteiger partial charge in [0.15, 0.2) is 5.11 Å². The normalized spacial score (nSPS) is 19.1. The van der Waals surface area contributed by atoms with Gasteiger partial charge in [0, 0.05) is 6.54 Å². The highest BCUT2D eigenvalue weighted by molar-refractivity contribution is 7.80. The molecule has 0 atom stereocenters. The van der Waals surface area contributed by atoms with E-state index in [-0.39, 0.29) is 17.2 Å². The highest BCUT2D eigenvalue weighted by atomic mass is 32.1. The van der Waals surface area contributed by atoms with Gasteiger partial charge in [-0.2, -0.15) is 0 Å². The molecule has 0 aromatic rings. The Hall–Kier alpha value is -1.75. The minimum atomic E-state index is -0.495. The van der Waals surface area contributed by atoms with Gasteiger partial charge in [0.1, 0.15) is 5.57 Å². The molecule has 5 heteroatoms. The topological polar surface area (TPSA) is 49.4 Å². The summed E-state index contributed by atoms with van der Waals surface area (Å²) < 4.78 is 0. The van der Waals surface area contributed by atoms with Crippen LogP contribution in [0.15, 0.2) is 37.0 Å². The zero-order valence-electron chi connectivity index (χ0n) is 8.03. The van der Waals surface area contributed by atoms with Crippen LogP contribution in [0.3, 0.4) is 0 Å². The van der Waals surface area contributed by atoms with E-state index in [1.165, 1.54) is 23.1 Å². The van der Waals surface area contributed by atoms with Crippen molar-refractivity contribution in [3.8, 4) is 0 Å². The molecule has 15 heavy (non-hydrogen) atoms. The average molecular weight is 222 g/mol. The van der Waals surface area contributed by atoms with E-state index in [1.807, 2.05) is 0 Å². The van der Waals surface area contributed by atoms with Crippen LogP contribution >= 0.6 is 12.2 Å². The lowest BCUT2D eigenvalue weighted by molar-refractivity contribution is -0.128. The van der Waals surface area contributed by atoms with Crippen molar-refractivity contribution in [2.45, 2.75) is 0 Å². The third kappa shape index (κ3) is 2.19. The van der Waals surface area contributed by atoms with Crippen molar-refractivity contribution in [2.24, 2.45) is 0 Å². The van der Waals surface area contributed by atoms with Crippen molar-refractivity contribution in [1.29, 1.82) is 0 Å². The molecule has 1 aliphatic heterocycles. The number of hydrogen-bond acceptors (Lipinski definition) is 3. The van der Waals surface area contributed by atoms with Gasteiger partial charge in [-0.05, 0) is 18.3 Å². The summed E-state index contributed by atoms with van der Waals surface area (Å²) in [5, 5.41) is 2.52. The Morgan fingerprint density at radius 3 is 2.60 bits per heavy atom. The van der Waals surface area contributed by atoms with Crippen LogP contribution in [0.2, 0.25) is 0 Å². The molecule has 1 fully saturated rings. The molecule has 4 nitrogen and oxygen atoms in total. The molecule has 0 spiro atoms. The second-order valence-corrected chi connectivity index (χ2v) is 3.17. The Morgan fingerprint density at radius 1 is 1.40 bits per heavy atom. The van der Waals surface area contributed by atoms with Crippen LogP contribution in [0.1, 0.15) is 0 Å². The molecule has 0 aromatic carbocycles. The summed E-state index contributed by atoms with van der Waals surface area (Å²) in [6, 6.07) is 0. The van der Waals surface area contributed by atoms with Crippen molar-refractivity contribution < 1.29 is 9.59 Å². The summed E-state index contributed by atoms with van der Waals surface area (Å²) in [5.41, 5.74) is 0.0282. The Balaban J connectivity index is 3.04. The smallest absolute Gasteiger partial charge is 0.265 e. The maximum absolute atomic E-state index is 11.7. The Bertz CT molecular complexity index is 385. The van der Waals surface area contributed by atoms with Crippen molar-refractivity contribution in [3.63, 3.8) is 0 Å². The molecule has 0 aromatic heterocycles. The molecule has 1 saturated heterocycles. The molecule has 1 rings (SSSR count). The first-order valence-corrected chi connectivity index (χ1v) is 4.63. The number of hydrogen-bond donors (Lipinski definition) is 1. The summed E-state index contributed by atoms with van der Waals surface area (Å²) in [4.78, 5) is 24.4. The Morgan fingerprint density at radius 2 is 2.07 bits per heavy atom. The van der Waals surface area contributed by atoms with Gasteiger partial charge in [0.25, 0.3) is 11.8 Å². The quantitative estimate of drug-likeness (QED) is 0.328. The second kappa shape index (κ2) is 4.65. The van der Waals surface area contributed by atoms with Gasteiger partial charge in [0.05, 0.1) is 0 Å². The predicted octanol–water partition coefficient (Wildman–Crippen LogP) is 0.528. The maximum Gasteiger partial charge on any atom is 0.265 e. The van der Waals surface area contributed by atoms with Crippen LogP contribution in [0.25, 0.3) is 0 Å². The molecule has 2 amide bonds. The number of carbonyl (C=O) groups excluding carboxylic acids is 2. The van der Waals surface area contributed by atoms with E-state index in [0.29, 0.717) is 0 Å². The molecular weight excluding hydrogens is 212 g/mol. The largest absolute Gasteiger partial charge is 0.298 e. The van der Waals surface area contributed by atoms with Gasteiger partial charge in [-0.3, -0.25) is 19.8 Å². The zero-order valence-corrected chi connectivity index (χ0v) is 8.84. The molecule has 78 valence electrons. The van der Waals surface area contributed by atoms with E-state index in [9.17, 15) is 9.59 Å². The highest BCUT2D eigenvalue weighted by Crippen LogP contribution is 2.09. The maximum atomic E-state index is 11.7. The SMILES string of the molecule is C=C/C=C1\C(=O)NC(=S)N(CC=C)C1=O. The first-order chi connectivity index (χ1) is 7.11. The zero-order chi connectivity index (χ0) is 11.4. The van der Waals surface area contributed by atoms with E-state index < -0.39 is 11.8 Å². The number of carbonyl (C=O) groups is 2. The second-order valence-electron chi connectivity index (χ2n) is 2.78. The molecule has 1 heterocycles. The molecule has 0 aliphatic carbocycles. The van der Waals surface area contributed by atoms with Gasteiger partial charge in [-0.25, -0.2) is 0 Å². The molecule has 0 unspecified atom stereocenters. The molecule has 0 radical (unpaired) electrons. The van der Waals surface area contributed by atoms with Gasteiger partial charge >= 0.3 is 0 Å². The van der Waals surface area contributed by atoms with Crippen molar-refractivity contribution >= 4 is 29.1 Å². The van der Waals surface area contributed by atoms with Crippen molar-refractivity contribution in [2.75, 3.05) is 6.54 Å². The van der Waals surface area contributed by atoms with E-state index in [2.05, 4.69) is 18.5 Å². The summed E-state index contributed by atoms with van der Waals surface area (Å²) in [5.74, 6) is -0.922. The first kappa shape index (κ1) is 11.3. The van der Waals surface area contributed by atoms with E-state index >= 15 is 0 Å². The average Bonchev–Trinajstić information content (AvgIpc) is 2.19. The molecular formula is C10H10N2O2S. The van der Waals surface area contributed by atoms with Crippen molar-refractivity contribution in [1.82, 2.24) is 10.2 Å². The van der Waals surface area contributed by atoms with Crippen LogP contribution in [-0.4, -0.2) is 28.4 Å². The Kier molecular flexibility index (Phi) is 3.51. The number of amides is 2. The third-order valence-electron chi connectivity index (χ3n) is 1.78. The standard InChI is InChI=1S/C10H10N2O2S/c1-3-5-7-8(13)11-10(15)12(6-4-2)9(7)14/h3-5H,1-2,6H2,(H,11,13,15)/b7-5+. The van der Waals surface area contributed by atoms with Crippen LogP contribution in [0.4, 0.5) is 0 Å². The van der Waals surface area contributed by atoms with Crippen LogP contribution < -0.4 is 5.32 Å². The number of nitrogens with zero attached hydrogens (tertiary/aromatic N) is 1. The summed E-state index contributed by atoms with van der Waals surface area (Å²) in [6.07, 6.45) is 4.27. The Labute approximate surface area is 92.9 Å². The summed E-state index contributed by atoms with van der Waals surface area (Å²) >= 11 is 4.86. The van der Waals surface area contributed by atoms with Gasteiger partial charge in [-0.15, -0.1) is 6.58 Å².